The third-order valence-corrected chi connectivity index (χ3v) is 5.97. The lowest BCUT2D eigenvalue weighted by Gasteiger charge is -2.28. The largest absolute Gasteiger partial charge is 0.488 e. The number of rotatable bonds is 5. The van der Waals surface area contributed by atoms with Gasteiger partial charge in [0.2, 0.25) is 0 Å². The molecule has 0 aliphatic carbocycles. The number of nitrogens with zero attached hydrogens (tertiary/aromatic N) is 1. The van der Waals surface area contributed by atoms with Gasteiger partial charge in [-0.25, -0.2) is 14.1 Å². The second-order valence-corrected chi connectivity index (χ2v) is 8.69. The summed E-state index contributed by atoms with van der Waals surface area (Å²) in [6.07, 6.45) is 1.38. The van der Waals surface area contributed by atoms with Crippen LogP contribution < -0.4 is 15.0 Å². The molecule has 1 aliphatic heterocycles. The molecule has 0 atom stereocenters. The van der Waals surface area contributed by atoms with Gasteiger partial charge in [0.1, 0.15) is 23.7 Å². The van der Waals surface area contributed by atoms with Crippen molar-refractivity contribution in [3.63, 3.8) is 0 Å². The second kappa shape index (κ2) is 9.61. The molecule has 1 fully saturated rings. The molecular formula is C26H20BrFN2O4. The van der Waals surface area contributed by atoms with E-state index in [1.807, 2.05) is 13.0 Å². The molecule has 8 heteroatoms. The summed E-state index contributed by atoms with van der Waals surface area (Å²) in [4.78, 5) is 39.5. The number of imide groups is 2. The maximum atomic E-state index is 13.5. The summed E-state index contributed by atoms with van der Waals surface area (Å²) in [6, 6.07) is 15.6. The van der Waals surface area contributed by atoms with Crippen molar-refractivity contribution < 1.29 is 23.5 Å². The van der Waals surface area contributed by atoms with E-state index < -0.39 is 17.8 Å². The average molecular weight is 523 g/mol. The molecule has 0 unspecified atom stereocenters. The van der Waals surface area contributed by atoms with Crippen molar-refractivity contribution in [2.24, 2.45) is 0 Å². The molecule has 1 saturated heterocycles. The predicted octanol–water partition coefficient (Wildman–Crippen LogP) is 5.45. The van der Waals surface area contributed by atoms with Gasteiger partial charge in [0.05, 0.1) is 5.69 Å². The summed E-state index contributed by atoms with van der Waals surface area (Å²) < 4.78 is 20.1. The molecular weight excluding hydrogens is 503 g/mol. The van der Waals surface area contributed by atoms with Crippen LogP contribution in [-0.4, -0.2) is 17.8 Å². The summed E-state index contributed by atoms with van der Waals surface area (Å²) in [5.41, 5.74) is 2.91. The lowest BCUT2D eigenvalue weighted by Crippen LogP contribution is -2.54. The molecule has 172 valence electrons. The van der Waals surface area contributed by atoms with Crippen LogP contribution in [0.1, 0.15) is 22.3 Å². The number of carbonyl (C=O) groups is 3. The summed E-state index contributed by atoms with van der Waals surface area (Å²) in [5, 5.41) is 2.24. The van der Waals surface area contributed by atoms with Gasteiger partial charge < -0.3 is 4.74 Å². The summed E-state index contributed by atoms with van der Waals surface area (Å²) in [6.45, 7) is 3.76. The standard InChI is InChI=1S/C26H20BrFN2O4/c1-15-5-3-8-22(16(15)2)30-25(32)21(24(31)29-26(30)33)13-18-12-19(27)9-10-23(18)34-14-17-6-4-7-20(28)11-17/h3-13H,14H2,1-2H3,(H,29,31,33)/b21-13+. The van der Waals surface area contributed by atoms with E-state index in [1.165, 1.54) is 18.2 Å². The van der Waals surface area contributed by atoms with Crippen LogP contribution in [0.2, 0.25) is 0 Å². The second-order valence-electron chi connectivity index (χ2n) is 7.78. The zero-order valence-corrected chi connectivity index (χ0v) is 20.0. The number of aryl methyl sites for hydroxylation is 1. The minimum atomic E-state index is -0.808. The number of halogens is 2. The van der Waals surface area contributed by atoms with E-state index >= 15 is 0 Å². The first-order valence-corrected chi connectivity index (χ1v) is 11.2. The molecule has 1 N–H and O–H groups in total. The van der Waals surface area contributed by atoms with Crippen LogP contribution in [0.5, 0.6) is 5.75 Å². The molecule has 6 nitrogen and oxygen atoms in total. The van der Waals surface area contributed by atoms with Crippen LogP contribution in [-0.2, 0) is 16.2 Å². The van der Waals surface area contributed by atoms with Crippen molar-refractivity contribution in [1.82, 2.24) is 5.32 Å². The summed E-state index contributed by atoms with van der Waals surface area (Å²) >= 11 is 3.39. The average Bonchev–Trinajstić information content (AvgIpc) is 2.79. The van der Waals surface area contributed by atoms with Gasteiger partial charge in [-0.05, 0) is 73.0 Å². The van der Waals surface area contributed by atoms with Gasteiger partial charge in [0.15, 0.2) is 0 Å². The number of barbiturate groups is 1. The van der Waals surface area contributed by atoms with E-state index in [1.54, 1.807) is 49.4 Å². The number of carbonyl (C=O) groups excluding carboxylic acids is 3. The Balaban J connectivity index is 1.70. The van der Waals surface area contributed by atoms with E-state index in [2.05, 4.69) is 21.2 Å². The maximum Gasteiger partial charge on any atom is 0.335 e. The van der Waals surface area contributed by atoms with Crippen molar-refractivity contribution in [3.8, 4) is 5.75 Å². The molecule has 0 saturated carbocycles. The van der Waals surface area contributed by atoms with Crippen LogP contribution in [0.25, 0.3) is 6.08 Å². The van der Waals surface area contributed by atoms with Crippen LogP contribution in [0, 0.1) is 19.7 Å². The Kier molecular flexibility index (Phi) is 6.61. The minimum Gasteiger partial charge on any atom is -0.488 e. The molecule has 0 bridgehead atoms. The lowest BCUT2D eigenvalue weighted by molar-refractivity contribution is -0.122. The zero-order valence-electron chi connectivity index (χ0n) is 18.4. The zero-order chi connectivity index (χ0) is 24.4. The fourth-order valence-electron chi connectivity index (χ4n) is 3.56. The minimum absolute atomic E-state index is 0.0861. The number of benzene rings is 3. The number of nitrogens with one attached hydrogen (secondary N) is 1. The molecule has 1 heterocycles. The van der Waals surface area contributed by atoms with Gasteiger partial charge in [-0.2, -0.15) is 0 Å². The van der Waals surface area contributed by atoms with Gasteiger partial charge in [-0.15, -0.1) is 0 Å². The van der Waals surface area contributed by atoms with Crippen molar-refractivity contribution in [2.45, 2.75) is 20.5 Å². The van der Waals surface area contributed by atoms with E-state index in [9.17, 15) is 18.8 Å². The van der Waals surface area contributed by atoms with Gasteiger partial charge >= 0.3 is 6.03 Å². The Bertz CT molecular complexity index is 1350. The molecule has 34 heavy (non-hydrogen) atoms. The number of hydrogen-bond acceptors (Lipinski definition) is 4. The van der Waals surface area contributed by atoms with E-state index in [0.717, 1.165) is 16.0 Å². The Labute approximate surface area is 204 Å². The first kappa shape index (κ1) is 23.4. The Hall–Kier alpha value is -3.78. The molecule has 1 aliphatic rings. The van der Waals surface area contributed by atoms with Crippen molar-refractivity contribution in [1.29, 1.82) is 0 Å². The highest BCUT2D eigenvalue weighted by Crippen LogP contribution is 2.30. The van der Waals surface area contributed by atoms with Crippen molar-refractivity contribution in [3.05, 3.63) is 98.8 Å². The number of anilines is 1. The van der Waals surface area contributed by atoms with Crippen LogP contribution in [0.4, 0.5) is 14.9 Å². The number of amides is 4. The number of ether oxygens (including phenoxy) is 1. The van der Waals surface area contributed by atoms with Crippen molar-refractivity contribution in [2.75, 3.05) is 4.90 Å². The fourth-order valence-corrected chi connectivity index (χ4v) is 3.94. The first-order valence-electron chi connectivity index (χ1n) is 10.4. The van der Waals surface area contributed by atoms with Gasteiger partial charge in [0.25, 0.3) is 11.8 Å². The first-order chi connectivity index (χ1) is 16.2. The monoisotopic (exact) mass is 522 g/mol. The van der Waals surface area contributed by atoms with Gasteiger partial charge in [-0.1, -0.05) is 40.2 Å². The van der Waals surface area contributed by atoms with E-state index in [0.29, 0.717) is 27.0 Å². The normalized spacial score (nSPS) is 15.0. The molecule has 3 aromatic rings. The van der Waals surface area contributed by atoms with Crippen LogP contribution in [0.15, 0.2) is 70.7 Å². The Morgan fingerprint density at radius 3 is 2.56 bits per heavy atom. The van der Waals surface area contributed by atoms with Crippen LogP contribution in [0.3, 0.4) is 0 Å². The highest BCUT2D eigenvalue weighted by Gasteiger charge is 2.37. The number of urea groups is 1. The molecule has 4 rings (SSSR count). The smallest absolute Gasteiger partial charge is 0.335 e. The third kappa shape index (κ3) is 4.77. The molecule has 4 amide bonds. The van der Waals surface area contributed by atoms with Crippen molar-refractivity contribution >= 4 is 45.5 Å². The van der Waals surface area contributed by atoms with Gasteiger partial charge in [-0.3, -0.25) is 14.9 Å². The number of hydrogen-bond donors (Lipinski definition) is 1. The highest BCUT2D eigenvalue weighted by molar-refractivity contribution is 9.10. The quantitative estimate of drug-likeness (QED) is 0.357. The Morgan fingerprint density at radius 1 is 1.03 bits per heavy atom. The van der Waals surface area contributed by atoms with Crippen LogP contribution >= 0.6 is 15.9 Å². The predicted molar refractivity (Wildman–Crippen MR) is 130 cm³/mol. The summed E-state index contributed by atoms with van der Waals surface area (Å²) in [7, 11) is 0. The SMILES string of the molecule is Cc1cccc(N2C(=O)NC(=O)/C(=C\c3cc(Br)ccc3OCc3cccc(F)c3)C2=O)c1C. The molecule has 0 spiro atoms. The van der Waals surface area contributed by atoms with E-state index in [4.69, 9.17) is 4.74 Å². The van der Waals surface area contributed by atoms with Gasteiger partial charge in [0, 0.05) is 10.0 Å². The maximum absolute atomic E-state index is 13.5. The topological polar surface area (TPSA) is 75.7 Å². The summed E-state index contributed by atoms with van der Waals surface area (Å²) in [5.74, 6) is -1.53. The third-order valence-electron chi connectivity index (χ3n) is 5.47. The van der Waals surface area contributed by atoms with E-state index in [-0.39, 0.29) is 18.0 Å². The molecule has 3 aromatic carbocycles. The molecule has 0 radical (unpaired) electrons. The lowest BCUT2D eigenvalue weighted by atomic mass is 10.0. The highest BCUT2D eigenvalue weighted by atomic mass is 79.9. The molecule has 0 aromatic heterocycles. The Morgan fingerprint density at radius 2 is 1.79 bits per heavy atom. The fraction of sp³-hybridized carbons (Fsp3) is 0.115.